The van der Waals surface area contributed by atoms with Crippen molar-refractivity contribution in [2.45, 2.75) is 19.9 Å². The number of fused-ring (bicyclic) bond motifs is 1. The van der Waals surface area contributed by atoms with Crippen molar-refractivity contribution in [2.24, 2.45) is 4.99 Å². The molecule has 7 nitrogen and oxygen atoms in total. The summed E-state index contributed by atoms with van der Waals surface area (Å²) in [4.78, 5) is 31.5. The zero-order chi connectivity index (χ0) is 24.2. The van der Waals surface area contributed by atoms with Crippen LogP contribution in [-0.2, 0) is 9.53 Å². The van der Waals surface area contributed by atoms with Crippen LogP contribution in [0.2, 0.25) is 0 Å². The molecule has 0 radical (unpaired) electrons. The largest absolute Gasteiger partial charge is 0.508 e. The molecule has 1 N–H and O–H groups in total. The number of hydrogen-bond acceptors (Lipinski definition) is 7. The van der Waals surface area contributed by atoms with Crippen molar-refractivity contribution >= 4 is 23.4 Å². The van der Waals surface area contributed by atoms with Crippen molar-refractivity contribution in [3.05, 3.63) is 103 Å². The summed E-state index contributed by atoms with van der Waals surface area (Å²) in [6.45, 7) is 7.70. The molecule has 4 rings (SSSR count). The minimum absolute atomic E-state index is 0.110. The maximum atomic E-state index is 13.5. The molecule has 1 aliphatic rings. The third-order valence-corrected chi connectivity index (χ3v) is 6.23. The van der Waals surface area contributed by atoms with Crippen molar-refractivity contribution < 1.29 is 19.4 Å². The van der Waals surface area contributed by atoms with Crippen LogP contribution in [-0.4, -0.2) is 28.9 Å². The van der Waals surface area contributed by atoms with Gasteiger partial charge < -0.3 is 14.6 Å². The molecule has 2 heterocycles. The Kier molecular flexibility index (Phi) is 6.79. The number of esters is 1. The van der Waals surface area contributed by atoms with E-state index in [9.17, 15) is 14.7 Å². The summed E-state index contributed by atoms with van der Waals surface area (Å²) < 4.78 is 12.9. The number of allylic oxidation sites excluding steroid dienone is 1. The molecule has 0 amide bonds. The van der Waals surface area contributed by atoms with Gasteiger partial charge in [0.2, 0.25) is 0 Å². The summed E-state index contributed by atoms with van der Waals surface area (Å²) in [5.74, 6) is 0.250. The van der Waals surface area contributed by atoms with Gasteiger partial charge in [0.25, 0.3) is 5.56 Å². The summed E-state index contributed by atoms with van der Waals surface area (Å²) in [7, 11) is 0. The molecule has 0 bridgehead atoms. The van der Waals surface area contributed by atoms with E-state index >= 15 is 0 Å². The molecule has 0 saturated carbocycles. The van der Waals surface area contributed by atoms with Crippen molar-refractivity contribution in [3.8, 4) is 11.5 Å². The van der Waals surface area contributed by atoms with Crippen LogP contribution < -0.4 is 19.6 Å². The van der Waals surface area contributed by atoms with Crippen LogP contribution >= 0.6 is 11.3 Å². The van der Waals surface area contributed by atoms with E-state index in [0.29, 0.717) is 38.5 Å². The Balaban J connectivity index is 1.89. The molecule has 0 fully saturated rings. The van der Waals surface area contributed by atoms with Gasteiger partial charge in [0.15, 0.2) is 4.80 Å². The Hall–Kier alpha value is -3.91. The van der Waals surface area contributed by atoms with E-state index in [1.54, 1.807) is 62.4 Å². The molecule has 0 unspecified atom stereocenters. The first-order valence-corrected chi connectivity index (χ1v) is 11.6. The summed E-state index contributed by atoms with van der Waals surface area (Å²) in [6.07, 6.45) is 3.36. The van der Waals surface area contributed by atoms with Gasteiger partial charge in [0, 0.05) is 0 Å². The molecule has 3 aromatic rings. The van der Waals surface area contributed by atoms with Gasteiger partial charge >= 0.3 is 5.97 Å². The highest BCUT2D eigenvalue weighted by Crippen LogP contribution is 2.31. The van der Waals surface area contributed by atoms with E-state index in [2.05, 4.69) is 11.6 Å². The Morgan fingerprint density at radius 1 is 1.26 bits per heavy atom. The number of ether oxygens (including phenoxy) is 2. The van der Waals surface area contributed by atoms with E-state index in [0.717, 1.165) is 5.56 Å². The fourth-order valence-electron chi connectivity index (χ4n) is 3.77. The van der Waals surface area contributed by atoms with Crippen LogP contribution in [0.25, 0.3) is 6.08 Å². The second kappa shape index (κ2) is 9.93. The first kappa shape index (κ1) is 23.3. The number of rotatable bonds is 7. The standard InChI is InChI=1S/C26H24N2O5S/c1-4-13-33-20-11-9-18(10-12-20)23-22(25(31)32-5-2)16(3)27-26-28(23)24(30)21(34-26)15-17-7-6-8-19(29)14-17/h4,6-12,14-15,23,29H,1,5,13H2,2-3H3/t23-/m1/s1. The third-order valence-electron chi connectivity index (χ3n) is 5.25. The van der Waals surface area contributed by atoms with Gasteiger partial charge in [0.05, 0.1) is 28.5 Å². The quantitative estimate of drug-likeness (QED) is 0.418. The molecule has 0 aliphatic carbocycles. The van der Waals surface area contributed by atoms with Gasteiger partial charge in [-0.1, -0.05) is 48.3 Å². The molecular formula is C26H24N2O5S. The normalized spacial score (nSPS) is 15.5. The van der Waals surface area contributed by atoms with E-state index in [1.807, 2.05) is 12.1 Å². The number of aromatic nitrogens is 1. The molecule has 1 aromatic heterocycles. The highest BCUT2D eigenvalue weighted by molar-refractivity contribution is 7.07. The zero-order valence-corrected chi connectivity index (χ0v) is 19.7. The smallest absolute Gasteiger partial charge is 0.338 e. The maximum absolute atomic E-state index is 13.5. The third kappa shape index (κ3) is 4.58. The van der Waals surface area contributed by atoms with E-state index in [4.69, 9.17) is 9.47 Å². The van der Waals surface area contributed by atoms with Gasteiger partial charge in [-0.3, -0.25) is 9.36 Å². The minimum Gasteiger partial charge on any atom is -0.508 e. The van der Waals surface area contributed by atoms with Crippen LogP contribution in [0.15, 0.2) is 82.2 Å². The molecule has 1 aliphatic heterocycles. The number of carbonyl (C=O) groups is 1. The number of aromatic hydroxyl groups is 1. The SMILES string of the molecule is C=CCOc1ccc([C@@H]2C(C(=O)OCC)=C(C)N=c3sc(=Cc4cccc(O)c4)c(=O)n32)cc1. The van der Waals surface area contributed by atoms with Gasteiger partial charge in [-0.2, -0.15) is 0 Å². The zero-order valence-electron chi connectivity index (χ0n) is 18.9. The Bertz CT molecular complexity index is 1450. The Morgan fingerprint density at radius 2 is 2.03 bits per heavy atom. The highest BCUT2D eigenvalue weighted by Gasteiger charge is 2.33. The number of phenols is 1. The van der Waals surface area contributed by atoms with Crippen molar-refractivity contribution in [1.82, 2.24) is 4.57 Å². The van der Waals surface area contributed by atoms with Crippen LogP contribution in [0.1, 0.15) is 31.0 Å². The number of hydrogen-bond donors (Lipinski definition) is 1. The number of nitrogens with zero attached hydrogens (tertiary/aromatic N) is 2. The van der Waals surface area contributed by atoms with Crippen molar-refractivity contribution in [1.29, 1.82) is 0 Å². The van der Waals surface area contributed by atoms with Crippen molar-refractivity contribution in [2.75, 3.05) is 13.2 Å². The lowest BCUT2D eigenvalue weighted by molar-refractivity contribution is -0.139. The fourth-order valence-corrected chi connectivity index (χ4v) is 4.82. The second-order valence-electron chi connectivity index (χ2n) is 7.57. The minimum atomic E-state index is -0.699. The second-order valence-corrected chi connectivity index (χ2v) is 8.58. The predicted molar refractivity (Wildman–Crippen MR) is 131 cm³/mol. The Morgan fingerprint density at radius 3 is 2.71 bits per heavy atom. The highest BCUT2D eigenvalue weighted by atomic mass is 32.1. The van der Waals surface area contributed by atoms with E-state index in [-0.39, 0.29) is 17.9 Å². The molecule has 8 heteroatoms. The van der Waals surface area contributed by atoms with E-state index < -0.39 is 12.0 Å². The van der Waals surface area contributed by atoms with Gasteiger partial charge in [-0.25, -0.2) is 9.79 Å². The number of benzene rings is 2. The van der Waals surface area contributed by atoms with Crippen LogP contribution in [0.3, 0.4) is 0 Å². The molecule has 2 aromatic carbocycles. The van der Waals surface area contributed by atoms with Gasteiger partial charge in [-0.15, -0.1) is 0 Å². The summed E-state index contributed by atoms with van der Waals surface area (Å²) >= 11 is 1.23. The molecule has 34 heavy (non-hydrogen) atoms. The molecule has 1 atom stereocenters. The first-order valence-electron chi connectivity index (χ1n) is 10.7. The molecule has 0 spiro atoms. The lowest BCUT2D eigenvalue weighted by Crippen LogP contribution is -2.39. The number of thiazole rings is 1. The average molecular weight is 477 g/mol. The van der Waals surface area contributed by atoms with Crippen LogP contribution in [0.5, 0.6) is 11.5 Å². The maximum Gasteiger partial charge on any atom is 0.338 e. The molecule has 174 valence electrons. The number of carbonyl (C=O) groups excluding carboxylic acids is 1. The topological polar surface area (TPSA) is 90.1 Å². The van der Waals surface area contributed by atoms with Crippen molar-refractivity contribution in [3.63, 3.8) is 0 Å². The lowest BCUT2D eigenvalue weighted by atomic mass is 9.96. The summed E-state index contributed by atoms with van der Waals surface area (Å²) in [5.41, 5.74) is 1.96. The summed E-state index contributed by atoms with van der Waals surface area (Å²) in [6, 6.07) is 13.2. The summed E-state index contributed by atoms with van der Waals surface area (Å²) in [5, 5.41) is 9.78. The molecule has 0 saturated heterocycles. The van der Waals surface area contributed by atoms with E-state index in [1.165, 1.54) is 15.9 Å². The van der Waals surface area contributed by atoms with Crippen LogP contribution in [0.4, 0.5) is 0 Å². The lowest BCUT2D eigenvalue weighted by Gasteiger charge is -2.24. The number of phenolic OH excluding ortho intramolecular Hbond substituents is 1. The first-order chi connectivity index (χ1) is 16.4. The molecular weight excluding hydrogens is 452 g/mol. The van der Waals surface area contributed by atoms with Crippen LogP contribution in [0, 0.1) is 0 Å². The Labute approximate surface area is 200 Å². The van der Waals surface area contributed by atoms with Gasteiger partial charge in [0.1, 0.15) is 18.1 Å². The fraction of sp³-hybridized carbons (Fsp3) is 0.192. The average Bonchev–Trinajstić information content (AvgIpc) is 3.11. The van der Waals surface area contributed by atoms with Gasteiger partial charge in [-0.05, 0) is 55.3 Å². The predicted octanol–water partition coefficient (Wildman–Crippen LogP) is 3.07. The monoisotopic (exact) mass is 476 g/mol.